The second-order valence-corrected chi connectivity index (χ2v) is 7.15. The molecule has 0 aliphatic rings. The van der Waals surface area contributed by atoms with Crippen LogP contribution in [-0.2, 0) is 22.6 Å². The molecular formula is C22H25F3N4O4. The van der Waals surface area contributed by atoms with Crippen LogP contribution in [0.5, 0.6) is 17.2 Å². The summed E-state index contributed by atoms with van der Waals surface area (Å²) in [5.41, 5.74) is 6.82. The molecule has 0 fully saturated rings. The van der Waals surface area contributed by atoms with Gasteiger partial charge in [-0.1, -0.05) is 0 Å². The minimum atomic E-state index is -4.75. The molecule has 3 N–H and O–H groups in total. The first-order chi connectivity index (χ1) is 15.7. The average molecular weight is 466 g/mol. The summed E-state index contributed by atoms with van der Waals surface area (Å²) in [4.78, 5) is 16.0. The van der Waals surface area contributed by atoms with Gasteiger partial charge >= 0.3 is 6.36 Å². The Bertz CT molecular complexity index is 1080. The molecule has 0 radical (unpaired) electrons. The van der Waals surface area contributed by atoms with Crippen LogP contribution in [0.3, 0.4) is 0 Å². The van der Waals surface area contributed by atoms with Crippen molar-refractivity contribution >= 4 is 16.9 Å². The molecule has 0 aliphatic carbocycles. The zero-order chi connectivity index (χ0) is 24.0. The van der Waals surface area contributed by atoms with Crippen molar-refractivity contribution in [1.29, 1.82) is 0 Å². The topological polar surface area (TPSA) is 101 Å². The Morgan fingerprint density at radius 2 is 1.82 bits per heavy atom. The summed E-state index contributed by atoms with van der Waals surface area (Å²) in [7, 11) is 0. The van der Waals surface area contributed by atoms with E-state index in [-0.39, 0.29) is 5.75 Å². The molecule has 0 bridgehead atoms. The van der Waals surface area contributed by atoms with E-state index in [1.165, 1.54) is 24.3 Å². The van der Waals surface area contributed by atoms with E-state index in [9.17, 15) is 18.0 Å². The monoisotopic (exact) mass is 466 g/mol. The fourth-order valence-corrected chi connectivity index (χ4v) is 3.09. The number of fused-ring (bicyclic) bond motifs is 1. The molecule has 0 saturated heterocycles. The predicted molar refractivity (Wildman–Crippen MR) is 115 cm³/mol. The molecule has 33 heavy (non-hydrogen) atoms. The van der Waals surface area contributed by atoms with Crippen LogP contribution >= 0.6 is 0 Å². The van der Waals surface area contributed by atoms with Gasteiger partial charge in [-0.05, 0) is 50.2 Å². The molecule has 0 saturated carbocycles. The molecule has 0 aliphatic heterocycles. The maximum Gasteiger partial charge on any atom is 0.573 e. The van der Waals surface area contributed by atoms with E-state index in [1.54, 1.807) is 25.1 Å². The molecule has 3 rings (SSSR count). The van der Waals surface area contributed by atoms with Crippen LogP contribution in [0.4, 0.5) is 13.2 Å². The standard InChI is InChI=1S/C22H25F3N4O4/c1-3-31-11-10-29-19-12-17(32-15-4-6-16(7-5-15)33-22(23,24)25)8-9-18(19)28-20(29)13-27-14(2)21(26)30/h4-9,12,14,27H,3,10-11,13H2,1-2H3,(H2,26,30)/t14-/m0/s1. The Morgan fingerprint density at radius 1 is 1.15 bits per heavy atom. The van der Waals surface area contributed by atoms with Gasteiger partial charge in [-0.2, -0.15) is 0 Å². The van der Waals surface area contributed by atoms with Gasteiger partial charge in [0.2, 0.25) is 5.91 Å². The zero-order valence-electron chi connectivity index (χ0n) is 18.2. The third-order valence-corrected chi connectivity index (χ3v) is 4.75. The molecule has 1 atom stereocenters. The average Bonchev–Trinajstić information content (AvgIpc) is 3.09. The highest BCUT2D eigenvalue weighted by Crippen LogP contribution is 2.29. The SMILES string of the molecule is CCOCCn1c(CN[C@@H](C)C(N)=O)nc2ccc(Oc3ccc(OC(F)(F)F)cc3)cc21. The van der Waals surface area contributed by atoms with Crippen LogP contribution in [0, 0.1) is 0 Å². The van der Waals surface area contributed by atoms with Crippen molar-refractivity contribution in [3.8, 4) is 17.2 Å². The molecule has 1 aromatic heterocycles. The van der Waals surface area contributed by atoms with Crippen LogP contribution in [0.1, 0.15) is 19.7 Å². The number of carbonyl (C=O) groups is 1. The van der Waals surface area contributed by atoms with Gasteiger partial charge in [0, 0.05) is 19.2 Å². The second kappa shape index (κ2) is 10.5. The van der Waals surface area contributed by atoms with Crippen LogP contribution < -0.4 is 20.5 Å². The van der Waals surface area contributed by atoms with Gasteiger partial charge in [0.05, 0.1) is 30.2 Å². The van der Waals surface area contributed by atoms with Crippen LogP contribution in [0.25, 0.3) is 11.0 Å². The first-order valence-corrected chi connectivity index (χ1v) is 10.3. The van der Waals surface area contributed by atoms with Gasteiger partial charge in [0.15, 0.2) is 0 Å². The number of alkyl halides is 3. The van der Waals surface area contributed by atoms with Crippen molar-refractivity contribution in [1.82, 2.24) is 14.9 Å². The first-order valence-electron chi connectivity index (χ1n) is 10.3. The van der Waals surface area contributed by atoms with Crippen molar-refractivity contribution in [2.24, 2.45) is 5.73 Å². The summed E-state index contributed by atoms with van der Waals surface area (Å²) in [5, 5.41) is 3.04. The molecule has 1 heterocycles. The van der Waals surface area contributed by atoms with Crippen molar-refractivity contribution in [3.63, 3.8) is 0 Å². The highest BCUT2D eigenvalue weighted by atomic mass is 19.4. The van der Waals surface area contributed by atoms with E-state index in [0.717, 1.165) is 11.0 Å². The van der Waals surface area contributed by atoms with Gasteiger partial charge in [0.1, 0.15) is 23.1 Å². The number of rotatable bonds is 11. The van der Waals surface area contributed by atoms with Crippen molar-refractivity contribution in [2.75, 3.05) is 13.2 Å². The van der Waals surface area contributed by atoms with E-state index < -0.39 is 18.3 Å². The number of ether oxygens (including phenoxy) is 3. The minimum Gasteiger partial charge on any atom is -0.457 e. The number of benzene rings is 2. The van der Waals surface area contributed by atoms with Gasteiger partial charge in [-0.3, -0.25) is 10.1 Å². The summed E-state index contributed by atoms with van der Waals surface area (Å²) in [6.45, 7) is 5.46. The third kappa shape index (κ3) is 6.83. The Balaban J connectivity index is 1.82. The normalized spacial score (nSPS) is 12.6. The molecule has 3 aromatic rings. The molecule has 178 valence electrons. The van der Waals surface area contributed by atoms with Crippen LogP contribution in [0.2, 0.25) is 0 Å². The van der Waals surface area contributed by atoms with Crippen LogP contribution in [0.15, 0.2) is 42.5 Å². The van der Waals surface area contributed by atoms with E-state index in [2.05, 4.69) is 15.0 Å². The van der Waals surface area contributed by atoms with Gasteiger partial charge in [-0.15, -0.1) is 13.2 Å². The number of hydrogen-bond acceptors (Lipinski definition) is 6. The molecule has 0 unspecified atom stereocenters. The van der Waals surface area contributed by atoms with Crippen molar-refractivity contribution in [3.05, 3.63) is 48.3 Å². The zero-order valence-corrected chi connectivity index (χ0v) is 18.2. The maximum atomic E-state index is 12.3. The lowest BCUT2D eigenvalue weighted by molar-refractivity contribution is -0.274. The van der Waals surface area contributed by atoms with E-state index >= 15 is 0 Å². The van der Waals surface area contributed by atoms with Gasteiger partial charge in [-0.25, -0.2) is 4.98 Å². The largest absolute Gasteiger partial charge is 0.573 e. The quantitative estimate of drug-likeness (QED) is 0.418. The number of halogens is 3. The minimum absolute atomic E-state index is 0.321. The number of carbonyl (C=O) groups excluding carboxylic acids is 1. The Hall–Kier alpha value is -3.31. The van der Waals surface area contributed by atoms with Gasteiger partial charge in [0.25, 0.3) is 0 Å². The number of primary amides is 1. The third-order valence-electron chi connectivity index (χ3n) is 4.75. The van der Waals surface area contributed by atoms with E-state index in [4.69, 9.17) is 15.2 Å². The number of aromatic nitrogens is 2. The summed E-state index contributed by atoms with van der Waals surface area (Å²) in [5.74, 6) is 0.732. The molecule has 2 aromatic carbocycles. The first kappa shape index (κ1) is 24.3. The van der Waals surface area contributed by atoms with Crippen molar-refractivity contribution < 1.29 is 32.2 Å². The smallest absolute Gasteiger partial charge is 0.457 e. The summed E-state index contributed by atoms with van der Waals surface area (Å²) in [6, 6.07) is 9.89. The lowest BCUT2D eigenvalue weighted by atomic mass is 10.3. The Kier molecular flexibility index (Phi) is 7.77. The molecule has 1 amide bonds. The number of nitrogens with one attached hydrogen (secondary N) is 1. The Morgan fingerprint density at radius 3 is 2.45 bits per heavy atom. The van der Waals surface area contributed by atoms with Crippen LogP contribution in [-0.4, -0.2) is 41.1 Å². The Labute approximate surface area is 188 Å². The number of nitrogens with two attached hydrogens (primary N) is 1. The predicted octanol–water partition coefficient (Wildman–Crippen LogP) is 3.73. The highest BCUT2D eigenvalue weighted by molar-refractivity contribution is 5.79. The number of imidazole rings is 1. The van der Waals surface area contributed by atoms with Gasteiger partial charge < -0.3 is 24.5 Å². The summed E-state index contributed by atoms with van der Waals surface area (Å²) < 4.78 is 54.1. The summed E-state index contributed by atoms with van der Waals surface area (Å²) in [6.07, 6.45) is -4.75. The maximum absolute atomic E-state index is 12.3. The molecule has 8 nitrogen and oxygen atoms in total. The molecular weight excluding hydrogens is 441 g/mol. The van der Waals surface area contributed by atoms with E-state index in [1.807, 2.05) is 11.5 Å². The fourth-order valence-electron chi connectivity index (χ4n) is 3.09. The second-order valence-electron chi connectivity index (χ2n) is 7.15. The lowest BCUT2D eigenvalue weighted by Gasteiger charge is -2.13. The highest BCUT2D eigenvalue weighted by Gasteiger charge is 2.31. The number of hydrogen-bond donors (Lipinski definition) is 2. The summed E-state index contributed by atoms with van der Waals surface area (Å²) >= 11 is 0. The lowest BCUT2D eigenvalue weighted by Crippen LogP contribution is -2.38. The number of nitrogens with zero attached hydrogens (tertiary/aromatic N) is 2. The fraction of sp³-hybridized carbons (Fsp3) is 0.364. The molecule has 11 heteroatoms. The molecule has 0 spiro atoms. The van der Waals surface area contributed by atoms with Crippen molar-refractivity contribution in [2.45, 2.75) is 39.3 Å². The number of amides is 1. The van der Waals surface area contributed by atoms with E-state index in [0.29, 0.717) is 43.6 Å².